The van der Waals surface area contributed by atoms with Crippen molar-refractivity contribution in [3.05, 3.63) is 58.7 Å². The summed E-state index contributed by atoms with van der Waals surface area (Å²) in [6.45, 7) is 3.92. The fourth-order valence-electron chi connectivity index (χ4n) is 2.57. The van der Waals surface area contributed by atoms with Gasteiger partial charge in [-0.3, -0.25) is 9.59 Å². The Labute approximate surface area is 123 Å². The quantitative estimate of drug-likeness (QED) is 0.888. The molecule has 0 bridgehead atoms. The molecule has 0 atom stereocenters. The van der Waals surface area contributed by atoms with E-state index in [0.717, 1.165) is 22.4 Å². The molecule has 2 aromatic carbocycles. The zero-order chi connectivity index (χ0) is 15.0. The lowest BCUT2D eigenvalue weighted by molar-refractivity contribution is -0.115. The highest BCUT2D eigenvalue weighted by Crippen LogP contribution is 2.26. The average Bonchev–Trinajstić information content (AvgIpc) is 2.77. The molecule has 0 aliphatic carbocycles. The van der Waals surface area contributed by atoms with Gasteiger partial charge in [0.15, 0.2) is 0 Å². The monoisotopic (exact) mass is 280 g/mol. The Hall–Kier alpha value is -2.62. The lowest BCUT2D eigenvalue weighted by Crippen LogP contribution is -2.13. The van der Waals surface area contributed by atoms with Crippen molar-refractivity contribution in [3.63, 3.8) is 0 Å². The van der Waals surface area contributed by atoms with Crippen LogP contribution in [0.2, 0.25) is 0 Å². The number of rotatable bonds is 2. The number of hydrogen-bond acceptors (Lipinski definition) is 2. The van der Waals surface area contributed by atoms with Crippen LogP contribution in [-0.4, -0.2) is 11.8 Å². The Morgan fingerprint density at radius 2 is 1.95 bits per heavy atom. The molecule has 2 amide bonds. The van der Waals surface area contributed by atoms with E-state index in [0.29, 0.717) is 17.7 Å². The standard InChI is InChI=1S/C17H16N2O2/c1-10-3-5-14(11(2)7-10)17(21)18-13-4-6-15-12(8-13)9-16(20)19-15/h3-8H,9H2,1-2H3,(H,18,21)(H,19,20). The van der Waals surface area contributed by atoms with E-state index in [-0.39, 0.29) is 11.8 Å². The molecule has 3 rings (SSSR count). The van der Waals surface area contributed by atoms with Gasteiger partial charge in [0.25, 0.3) is 5.91 Å². The van der Waals surface area contributed by atoms with Gasteiger partial charge in [0.1, 0.15) is 0 Å². The molecule has 4 nitrogen and oxygen atoms in total. The first kappa shape index (κ1) is 13.4. The van der Waals surface area contributed by atoms with E-state index in [9.17, 15) is 9.59 Å². The number of carbonyl (C=O) groups is 2. The SMILES string of the molecule is Cc1ccc(C(=O)Nc2ccc3c(c2)CC(=O)N3)c(C)c1. The van der Waals surface area contributed by atoms with Gasteiger partial charge in [-0.1, -0.05) is 17.7 Å². The summed E-state index contributed by atoms with van der Waals surface area (Å²) in [4.78, 5) is 23.7. The molecule has 21 heavy (non-hydrogen) atoms. The number of amides is 2. The minimum atomic E-state index is -0.135. The second-order valence-electron chi connectivity index (χ2n) is 5.37. The molecular formula is C17H16N2O2. The summed E-state index contributed by atoms with van der Waals surface area (Å²) in [6, 6.07) is 11.2. The van der Waals surface area contributed by atoms with E-state index in [1.54, 1.807) is 6.07 Å². The van der Waals surface area contributed by atoms with Crippen molar-refractivity contribution in [2.45, 2.75) is 20.3 Å². The van der Waals surface area contributed by atoms with Crippen LogP contribution in [0.4, 0.5) is 11.4 Å². The molecular weight excluding hydrogens is 264 g/mol. The molecule has 0 saturated carbocycles. The fraction of sp³-hybridized carbons (Fsp3) is 0.176. The second-order valence-corrected chi connectivity index (χ2v) is 5.37. The number of benzene rings is 2. The predicted molar refractivity (Wildman–Crippen MR) is 82.6 cm³/mol. The van der Waals surface area contributed by atoms with E-state index in [4.69, 9.17) is 0 Å². The lowest BCUT2D eigenvalue weighted by Gasteiger charge is -2.09. The minimum Gasteiger partial charge on any atom is -0.326 e. The van der Waals surface area contributed by atoms with E-state index < -0.39 is 0 Å². The van der Waals surface area contributed by atoms with Crippen molar-refractivity contribution in [2.75, 3.05) is 10.6 Å². The Balaban J connectivity index is 1.82. The van der Waals surface area contributed by atoms with E-state index in [1.807, 2.05) is 44.2 Å². The number of nitrogens with one attached hydrogen (secondary N) is 2. The molecule has 0 saturated heterocycles. The van der Waals surface area contributed by atoms with Crippen molar-refractivity contribution >= 4 is 23.2 Å². The van der Waals surface area contributed by atoms with Crippen molar-refractivity contribution in [1.82, 2.24) is 0 Å². The molecule has 1 aliphatic rings. The largest absolute Gasteiger partial charge is 0.326 e. The summed E-state index contributed by atoms with van der Waals surface area (Å²) in [5.74, 6) is -0.146. The van der Waals surface area contributed by atoms with Crippen molar-refractivity contribution < 1.29 is 9.59 Å². The Morgan fingerprint density at radius 3 is 2.71 bits per heavy atom. The lowest BCUT2D eigenvalue weighted by atomic mass is 10.0. The van der Waals surface area contributed by atoms with Gasteiger partial charge in [0.05, 0.1) is 6.42 Å². The molecule has 0 radical (unpaired) electrons. The van der Waals surface area contributed by atoms with Gasteiger partial charge in [0.2, 0.25) is 5.91 Å². The van der Waals surface area contributed by atoms with Crippen LogP contribution in [0.1, 0.15) is 27.0 Å². The average molecular weight is 280 g/mol. The van der Waals surface area contributed by atoms with E-state index >= 15 is 0 Å². The van der Waals surface area contributed by atoms with E-state index in [1.165, 1.54) is 0 Å². The molecule has 106 valence electrons. The summed E-state index contributed by atoms with van der Waals surface area (Å²) in [5, 5.41) is 5.66. The Kier molecular flexibility index (Phi) is 3.22. The van der Waals surface area contributed by atoms with Crippen molar-refractivity contribution in [2.24, 2.45) is 0 Å². The summed E-state index contributed by atoms with van der Waals surface area (Å²) in [5.41, 5.74) is 5.19. The smallest absolute Gasteiger partial charge is 0.255 e. The van der Waals surface area contributed by atoms with Gasteiger partial charge in [0, 0.05) is 16.9 Å². The zero-order valence-corrected chi connectivity index (χ0v) is 12.0. The number of hydrogen-bond donors (Lipinski definition) is 2. The molecule has 2 N–H and O–H groups in total. The topological polar surface area (TPSA) is 58.2 Å². The summed E-state index contributed by atoms with van der Waals surface area (Å²) < 4.78 is 0. The minimum absolute atomic E-state index is 0.0112. The molecule has 4 heteroatoms. The highest BCUT2D eigenvalue weighted by molar-refractivity contribution is 6.06. The van der Waals surface area contributed by atoms with E-state index in [2.05, 4.69) is 10.6 Å². The first-order chi connectivity index (χ1) is 10.0. The van der Waals surface area contributed by atoms with Gasteiger partial charge < -0.3 is 10.6 Å². The van der Waals surface area contributed by atoms with Crippen LogP contribution in [0, 0.1) is 13.8 Å². The normalized spacial score (nSPS) is 12.8. The van der Waals surface area contributed by atoms with Crippen LogP contribution < -0.4 is 10.6 Å². The maximum Gasteiger partial charge on any atom is 0.255 e. The molecule has 1 heterocycles. The van der Waals surface area contributed by atoms with Gasteiger partial charge in [-0.25, -0.2) is 0 Å². The predicted octanol–water partition coefficient (Wildman–Crippen LogP) is 3.05. The third kappa shape index (κ3) is 2.65. The van der Waals surface area contributed by atoms with Gasteiger partial charge in [-0.05, 0) is 49.2 Å². The Bertz CT molecular complexity index is 750. The highest BCUT2D eigenvalue weighted by Gasteiger charge is 2.18. The van der Waals surface area contributed by atoms with Crippen LogP contribution in [-0.2, 0) is 11.2 Å². The number of anilines is 2. The first-order valence-corrected chi connectivity index (χ1v) is 6.84. The highest BCUT2D eigenvalue weighted by atomic mass is 16.2. The van der Waals surface area contributed by atoms with Crippen molar-refractivity contribution in [1.29, 1.82) is 0 Å². The summed E-state index contributed by atoms with van der Waals surface area (Å²) in [7, 11) is 0. The maximum absolute atomic E-state index is 12.3. The number of fused-ring (bicyclic) bond motifs is 1. The molecule has 0 aromatic heterocycles. The van der Waals surface area contributed by atoms with Crippen LogP contribution in [0.15, 0.2) is 36.4 Å². The number of aryl methyl sites for hydroxylation is 2. The molecule has 0 fully saturated rings. The molecule has 0 unspecified atom stereocenters. The second kappa shape index (κ2) is 5.05. The van der Waals surface area contributed by atoms with Crippen LogP contribution in [0.3, 0.4) is 0 Å². The van der Waals surface area contributed by atoms with Crippen LogP contribution in [0.25, 0.3) is 0 Å². The third-order valence-corrected chi connectivity index (χ3v) is 3.61. The van der Waals surface area contributed by atoms with Gasteiger partial charge >= 0.3 is 0 Å². The van der Waals surface area contributed by atoms with Crippen LogP contribution in [0.5, 0.6) is 0 Å². The first-order valence-electron chi connectivity index (χ1n) is 6.84. The number of carbonyl (C=O) groups excluding carboxylic acids is 2. The Morgan fingerprint density at radius 1 is 1.14 bits per heavy atom. The molecule has 2 aromatic rings. The molecule has 1 aliphatic heterocycles. The summed E-state index contributed by atoms with van der Waals surface area (Å²) in [6.07, 6.45) is 0.364. The van der Waals surface area contributed by atoms with Gasteiger partial charge in [-0.2, -0.15) is 0 Å². The maximum atomic E-state index is 12.3. The fourth-order valence-corrected chi connectivity index (χ4v) is 2.57. The van der Waals surface area contributed by atoms with Gasteiger partial charge in [-0.15, -0.1) is 0 Å². The summed E-state index contributed by atoms with van der Waals surface area (Å²) >= 11 is 0. The van der Waals surface area contributed by atoms with Crippen molar-refractivity contribution in [3.8, 4) is 0 Å². The van der Waals surface area contributed by atoms with Crippen LogP contribution >= 0.6 is 0 Å². The zero-order valence-electron chi connectivity index (χ0n) is 12.0. The third-order valence-electron chi connectivity index (χ3n) is 3.61. The molecule has 0 spiro atoms.